The third-order valence-electron chi connectivity index (χ3n) is 3.00. The summed E-state index contributed by atoms with van der Waals surface area (Å²) in [6.45, 7) is 0.415. The molecule has 0 amide bonds. The molecule has 0 aromatic carbocycles. The van der Waals surface area contributed by atoms with E-state index >= 15 is 0 Å². The van der Waals surface area contributed by atoms with E-state index in [1.807, 2.05) is 19.0 Å². The van der Waals surface area contributed by atoms with Crippen molar-refractivity contribution in [2.75, 3.05) is 27.2 Å². The first-order chi connectivity index (χ1) is 7.93. The molecule has 0 bridgehead atoms. The van der Waals surface area contributed by atoms with Gasteiger partial charge >= 0.3 is 0 Å². The lowest BCUT2D eigenvalue weighted by atomic mass is 10.2. The number of H-pyrrole nitrogens is 1. The molecule has 2 atom stereocenters. The maximum atomic E-state index is 12.1. The Morgan fingerprint density at radius 3 is 2.71 bits per heavy atom. The molecule has 2 heterocycles. The molecule has 2 N–H and O–H groups in total. The number of likely N-dealkylation sites (N-methyl/N-ethyl adjacent to an activating group) is 1. The summed E-state index contributed by atoms with van der Waals surface area (Å²) in [4.78, 5) is 1.96. The summed E-state index contributed by atoms with van der Waals surface area (Å²) in [7, 11) is 0.101. The second-order valence-corrected chi connectivity index (χ2v) is 6.29. The quantitative estimate of drug-likeness (QED) is 0.705. The number of hydrogen-bond acceptors (Lipinski definition) is 5. The molecule has 0 aliphatic carbocycles. The third kappa shape index (κ3) is 2.21. The van der Waals surface area contributed by atoms with Crippen molar-refractivity contribution in [3.05, 3.63) is 12.4 Å². The third-order valence-corrected chi connectivity index (χ3v) is 4.80. The molecule has 1 aromatic heterocycles. The Morgan fingerprint density at radius 2 is 2.24 bits per heavy atom. The van der Waals surface area contributed by atoms with E-state index in [9.17, 15) is 13.5 Å². The van der Waals surface area contributed by atoms with Gasteiger partial charge in [-0.15, -0.1) is 0 Å². The molecule has 1 aliphatic heterocycles. The lowest BCUT2D eigenvalue weighted by Gasteiger charge is -2.21. The summed E-state index contributed by atoms with van der Waals surface area (Å²) in [6, 6.07) is -0.170. The molecule has 0 spiro atoms. The van der Waals surface area contributed by atoms with Gasteiger partial charge in [-0.3, -0.25) is 5.10 Å². The van der Waals surface area contributed by atoms with Gasteiger partial charge < -0.3 is 10.0 Å². The Labute approximate surface area is 100 Å². The van der Waals surface area contributed by atoms with Crippen molar-refractivity contribution in [1.29, 1.82) is 0 Å². The predicted octanol–water partition coefficient (Wildman–Crippen LogP) is -1.29. The number of aliphatic hydroxyl groups is 1. The van der Waals surface area contributed by atoms with Crippen molar-refractivity contribution in [2.24, 2.45) is 0 Å². The molecular formula is C9H16N4O3S. The van der Waals surface area contributed by atoms with Crippen LogP contribution in [0, 0.1) is 0 Å². The number of aromatic nitrogens is 2. The Morgan fingerprint density at radius 1 is 1.53 bits per heavy atom. The molecule has 17 heavy (non-hydrogen) atoms. The van der Waals surface area contributed by atoms with Crippen LogP contribution in [0.3, 0.4) is 0 Å². The Bertz CT molecular complexity index is 470. The van der Waals surface area contributed by atoms with E-state index in [4.69, 9.17) is 0 Å². The van der Waals surface area contributed by atoms with Crippen LogP contribution in [0.4, 0.5) is 0 Å². The minimum atomic E-state index is -3.54. The minimum Gasteiger partial charge on any atom is -0.390 e. The fraction of sp³-hybridized carbons (Fsp3) is 0.667. The van der Waals surface area contributed by atoms with Crippen molar-refractivity contribution >= 4 is 10.0 Å². The van der Waals surface area contributed by atoms with Crippen molar-refractivity contribution in [3.63, 3.8) is 0 Å². The Hall–Kier alpha value is -0.960. The lowest BCUT2D eigenvalue weighted by molar-refractivity contribution is 0.113. The molecule has 1 aliphatic rings. The first-order valence-electron chi connectivity index (χ1n) is 5.26. The predicted molar refractivity (Wildman–Crippen MR) is 60.8 cm³/mol. The van der Waals surface area contributed by atoms with Crippen LogP contribution in [0.25, 0.3) is 0 Å². The molecule has 1 saturated heterocycles. The van der Waals surface area contributed by atoms with E-state index in [1.54, 1.807) is 0 Å². The second-order valence-electron chi connectivity index (χ2n) is 4.35. The van der Waals surface area contributed by atoms with Crippen LogP contribution in [0.2, 0.25) is 0 Å². The number of rotatable bonds is 3. The summed E-state index contributed by atoms with van der Waals surface area (Å²) >= 11 is 0. The minimum absolute atomic E-state index is 0.121. The fourth-order valence-corrected chi connectivity index (χ4v) is 3.35. The molecule has 7 nitrogen and oxygen atoms in total. The first-order valence-corrected chi connectivity index (χ1v) is 6.70. The average molecular weight is 260 g/mol. The number of β-amino-alcohol motifs (C(OH)–C–C–N with tert-alkyl or cyclic N) is 1. The van der Waals surface area contributed by atoms with Crippen LogP contribution in [0.1, 0.15) is 0 Å². The van der Waals surface area contributed by atoms with E-state index in [1.165, 1.54) is 16.7 Å². The fourth-order valence-electron chi connectivity index (χ4n) is 1.97. The van der Waals surface area contributed by atoms with E-state index < -0.39 is 16.1 Å². The summed E-state index contributed by atoms with van der Waals surface area (Å²) in [6.07, 6.45) is 1.95. The van der Waals surface area contributed by atoms with E-state index in [2.05, 4.69) is 10.2 Å². The monoisotopic (exact) mass is 260 g/mol. The molecule has 96 valence electrons. The number of aliphatic hydroxyl groups excluding tert-OH is 1. The number of sulfonamides is 1. The average Bonchev–Trinajstić information content (AvgIpc) is 2.84. The molecule has 2 rings (SSSR count). The maximum Gasteiger partial charge on any atom is 0.246 e. The molecule has 1 fully saturated rings. The molecule has 0 radical (unpaired) electrons. The summed E-state index contributed by atoms with van der Waals surface area (Å²) in [5.41, 5.74) is 0. The summed E-state index contributed by atoms with van der Waals surface area (Å²) in [5.74, 6) is 0. The highest BCUT2D eigenvalue weighted by Gasteiger charge is 2.39. The zero-order valence-electron chi connectivity index (χ0n) is 9.74. The van der Waals surface area contributed by atoms with E-state index in [0.29, 0.717) is 6.54 Å². The smallest absolute Gasteiger partial charge is 0.246 e. The van der Waals surface area contributed by atoms with Gasteiger partial charge in [-0.25, -0.2) is 8.42 Å². The van der Waals surface area contributed by atoms with E-state index in [-0.39, 0.29) is 17.5 Å². The van der Waals surface area contributed by atoms with Gasteiger partial charge in [0.05, 0.1) is 18.3 Å². The van der Waals surface area contributed by atoms with Gasteiger partial charge in [0.1, 0.15) is 4.90 Å². The van der Waals surface area contributed by atoms with Crippen molar-refractivity contribution in [1.82, 2.24) is 19.4 Å². The van der Waals surface area contributed by atoms with Crippen LogP contribution in [-0.2, 0) is 10.0 Å². The zero-order valence-corrected chi connectivity index (χ0v) is 10.6. The number of nitrogens with one attached hydrogen (secondary N) is 1. The lowest BCUT2D eigenvalue weighted by Crippen LogP contribution is -2.38. The van der Waals surface area contributed by atoms with Gasteiger partial charge in [0.15, 0.2) is 0 Å². The van der Waals surface area contributed by atoms with Crippen LogP contribution in [0.5, 0.6) is 0 Å². The number of hydrogen-bond donors (Lipinski definition) is 2. The highest BCUT2D eigenvalue weighted by molar-refractivity contribution is 7.89. The highest BCUT2D eigenvalue weighted by Crippen LogP contribution is 2.22. The van der Waals surface area contributed by atoms with Gasteiger partial charge in [-0.1, -0.05) is 0 Å². The summed E-state index contributed by atoms with van der Waals surface area (Å²) in [5, 5.41) is 15.9. The molecule has 0 saturated carbocycles. The topological polar surface area (TPSA) is 89.5 Å². The highest BCUT2D eigenvalue weighted by atomic mass is 32.2. The second kappa shape index (κ2) is 4.37. The van der Waals surface area contributed by atoms with Gasteiger partial charge in [-0.05, 0) is 14.1 Å². The molecule has 0 unspecified atom stereocenters. The first kappa shape index (κ1) is 12.5. The molecular weight excluding hydrogens is 244 g/mol. The van der Waals surface area contributed by atoms with Gasteiger partial charge in [-0.2, -0.15) is 9.40 Å². The van der Waals surface area contributed by atoms with Crippen LogP contribution in [0.15, 0.2) is 17.3 Å². The number of nitrogens with zero attached hydrogens (tertiary/aromatic N) is 3. The van der Waals surface area contributed by atoms with Gasteiger partial charge in [0.25, 0.3) is 0 Å². The maximum absolute atomic E-state index is 12.1. The van der Waals surface area contributed by atoms with Crippen LogP contribution >= 0.6 is 0 Å². The standard InChI is InChI=1S/C9H16N4O3S/c1-12(2)8-5-13(6-9(8)14)17(15,16)7-3-10-11-4-7/h3-4,8-9,14H,5-6H2,1-2H3,(H,10,11)/t8-,9-/m0/s1. The molecule has 1 aromatic rings. The summed E-state index contributed by atoms with van der Waals surface area (Å²) < 4.78 is 25.6. The van der Waals surface area contributed by atoms with Crippen LogP contribution in [-0.4, -0.2) is 72.3 Å². The molecule has 8 heteroatoms. The Balaban J connectivity index is 2.21. The van der Waals surface area contributed by atoms with E-state index in [0.717, 1.165) is 0 Å². The van der Waals surface area contributed by atoms with Crippen molar-refractivity contribution in [2.45, 2.75) is 17.0 Å². The van der Waals surface area contributed by atoms with Crippen molar-refractivity contribution < 1.29 is 13.5 Å². The number of aromatic amines is 1. The SMILES string of the molecule is CN(C)[C@H]1CN(S(=O)(=O)c2cn[nH]c2)C[C@@H]1O. The van der Waals surface area contributed by atoms with Crippen LogP contribution < -0.4 is 0 Å². The largest absolute Gasteiger partial charge is 0.390 e. The Kier molecular flexibility index (Phi) is 3.21. The van der Waals surface area contributed by atoms with Gasteiger partial charge in [0.2, 0.25) is 10.0 Å². The zero-order chi connectivity index (χ0) is 12.6. The normalized spacial score (nSPS) is 26.8. The van der Waals surface area contributed by atoms with Crippen molar-refractivity contribution in [3.8, 4) is 0 Å². The van der Waals surface area contributed by atoms with Gasteiger partial charge in [0, 0.05) is 19.3 Å².